The van der Waals surface area contributed by atoms with Gasteiger partial charge in [-0.2, -0.15) is 0 Å². The Morgan fingerprint density at radius 3 is 2.29 bits per heavy atom. The van der Waals surface area contributed by atoms with Crippen molar-refractivity contribution in [3.8, 4) is 0 Å². The summed E-state index contributed by atoms with van der Waals surface area (Å²) in [6.07, 6.45) is 6.11. The van der Waals surface area contributed by atoms with Gasteiger partial charge in [0, 0.05) is 12.1 Å². The third-order valence-electron chi connectivity index (χ3n) is 3.66. The van der Waals surface area contributed by atoms with E-state index in [9.17, 15) is 5.11 Å². The number of aliphatic hydroxyl groups excluding tert-OH is 1. The Bertz CT molecular complexity index is 154. The Labute approximate surface area is 88.3 Å². The van der Waals surface area contributed by atoms with Crippen LogP contribution >= 0.6 is 0 Å². The van der Waals surface area contributed by atoms with Crippen molar-refractivity contribution < 1.29 is 5.11 Å². The zero-order valence-electron chi connectivity index (χ0n) is 9.87. The second-order valence-electron chi connectivity index (χ2n) is 4.48. The van der Waals surface area contributed by atoms with Gasteiger partial charge >= 0.3 is 0 Å². The average Bonchev–Trinajstić information content (AvgIpc) is 2.71. The minimum absolute atomic E-state index is 0.157. The molecule has 2 nitrogen and oxygen atoms in total. The Morgan fingerprint density at radius 2 is 1.86 bits per heavy atom. The highest BCUT2D eigenvalue weighted by atomic mass is 16.3. The molecule has 1 rings (SSSR count). The lowest BCUT2D eigenvalue weighted by Gasteiger charge is -2.35. The van der Waals surface area contributed by atoms with Crippen molar-refractivity contribution in [2.45, 2.75) is 71.1 Å². The Hall–Kier alpha value is -0.0800. The van der Waals surface area contributed by atoms with E-state index in [0.29, 0.717) is 6.04 Å². The standard InChI is InChI=1S/C12H25NO/c1-4-12(14)10(3)13(5-2)11-8-6-7-9-11/h10-12,14H,4-9H2,1-3H3. The third-order valence-corrected chi connectivity index (χ3v) is 3.66. The number of aliphatic hydroxyl groups is 1. The van der Waals surface area contributed by atoms with Crippen LogP contribution in [-0.2, 0) is 0 Å². The maximum atomic E-state index is 9.85. The predicted octanol–water partition coefficient (Wildman–Crippen LogP) is 2.41. The summed E-state index contributed by atoms with van der Waals surface area (Å²) in [5, 5.41) is 9.85. The molecule has 1 N–H and O–H groups in total. The lowest BCUT2D eigenvalue weighted by molar-refractivity contribution is 0.0353. The molecule has 0 aliphatic heterocycles. The molecule has 0 saturated heterocycles. The highest BCUT2D eigenvalue weighted by Gasteiger charge is 2.27. The quantitative estimate of drug-likeness (QED) is 0.735. The molecule has 2 atom stereocenters. The molecule has 0 spiro atoms. The van der Waals surface area contributed by atoms with Crippen LogP contribution in [0.3, 0.4) is 0 Å². The van der Waals surface area contributed by atoms with E-state index >= 15 is 0 Å². The van der Waals surface area contributed by atoms with Gasteiger partial charge in [-0.05, 0) is 32.7 Å². The largest absolute Gasteiger partial charge is 0.392 e. The molecular weight excluding hydrogens is 174 g/mol. The monoisotopic (exact) mass is 199 g/mol. The molecule has 0 radical (unpaired) electrons. The summed E-state index contributed by atoms with van der Waals surface area (Å²) in [5.74, 6) is 0. The van der Waals surface area contributed by atoms with Crippen LogP contribution in [0.5, 0.6) is 0 Å². The molecule has 14 heavy (non-hydrogen) atoms. The lowest BCUT2D eigenvalue weighted by Crippen LogP contribution is -2.46. The third kappa shape index (κ3) is 2.71. The van der Waals surface area contributed by atoms with Gasteiger partial charge in [-0.3, -0.25) is 4.90 Å². The van der Waals surface area contributed by atoms with E-state index < -0.39 is 0 Å². The first-order chi connectivity index (χ1) is 6.70. The van der Waals surface area contributed by atoms with E-state index in [1.165, 1.54) is 25.7 Å². The van der Waals surface area contributed by atoms with Gasteiger partial charge < -0.3 is 5.11 Å². The molecule has 1 aliphatic carbocycles. The van der Waals surface area contributed by atoms with Gasteiger partial charge in [0.25, 0.3) is 0 Å². The normalized spacial score (nSPS) is 22.9. The van der Waals surface area contributed by atoms with Crippen LogP contribution in [0.1, 0.15) is 52.9 Å². The number of hydrogen-bond acceptors (Lipinski definition) is 2. The van der Waals surface area contributed by atoms with Crippen LogP contribution in [0.4, 0.5) is 0 Å². The zero-order valence-corrected chi connectivity index (χ0v) is 9.87. The summed E-state index contributed by atoms with van der Waals surface area (Å²) in [6.45, 7) is 7.50. The van der Waals surface area contributed by atoms with Crippen LogP contribution in [0, 0.1) is 0 Å². The van der Waals surface area contributed by atoms with Crippen LogP contribution in [0.15, 0.2) is 0 Å². The second-order valence-corrected chi connectivity index (χ2v) is 4.48. The Morgan fingerprint density at radius 1 is 1.29 bits per heavy atom. The van der Waals surface area contributed by atoms with Crippen molar-refractivity contribution in [3.05, 3.63) is 0 Å². The lowest BCUT2D eigenvalue weighted by atomic mass is 10.1. The van der Waals surface area contributed by atoms with E-state index in [1.54, 1.807) is 0 Å². The number of hydrogen-bond donors (Lipinski definition) is 1. The van der Waals surface area contributed by atoms with Crippen molar-refractivity contribution in [2.24, 2.45) is 0 Å². The highest BCUT2D eigenvalue weighted by molar-refractivity contribution is 4.83. The van der Waals surface area contributed by atoms with E-state index in [1.807, 2.05) is 0 Å². The first-order valence-corrected chi connectivity index (χ1v) is 6.14. The SMILES string of the molecule is CCC(O)C(C)N(CC)C1CCCC1. The number of rotatable bonds is 5. The molecule has 1 saturated carbocycles. The van der Waals surface area contributed by atoms with Crippen molar-refractivity contribution in [3.63, 3.8) is 0 Å². The van der Waals surface area contributed by atoms with Crippen LogP contribution < -0.4 is 0 Å². The highest BCUT2D eigenvalue weighted by Crippen LogP contribution is 2.25. The van der Waals surface area contributed by atoms with Crippen LogP contribution in [-0.4, -0.2) is 34.7 Å². The molecule has 2 unspecified atom stereocenters. The molecule has 1 fully saturated rings. The van der Waals surface area contributed by atoms with E-state index in [4.69, 9.17) is 0 Å². The topological polar surface area (TPSA) is 23.5 Å². The summed E-state index contributed by atoms with van der Waals surface area (Å²) < 4.78 is 0. The Kier molecular flexibility index (Phi) is 4.90. The molecule has 84 valence electrons. The number of likely N-dealkylation sites (N-methyl/N-ethyl adjacent to an activating group) is 1. The maximum absolute atomic E-state index is 9.85. The molecular formula is C12H25NO. The van der Waals surface area contributed by atoms with E-state index in [-0.39, 0.29) is 6.10 Å². The van der Waals surface area contributed by atoms with Crippen molar-refractivity contribution >= 4 is 0 Å². The first kappa shape index (κ1) is 12.0. The minimum atomic E-state index is -0.157. The summed E-state index contributed by atoms with van der Waals surface area (Å²) in [7, 11) is 0. The molecule has 0 amide bonds. The summed E-state index contributed by atoms with van der Waals surface area (Å²) in [6, 6.07) is 1.06. The van der Waals surface area contributed by atoms with Crippen LogP contribution in [0.2, 0.25) is 0 Å². The molecule has 0 bridgehead atoms. The fraction of sp³-hybridized carbons (Fsp3) is 1.00. The van der Waals surface area contributed by atoms with Gasteiger partial charge in [0.1, 0.15) is 0 Å². The Balaban J connectivity index is 2.50. The molecule has 0 aromatic heterocycles. The number of nitrogens with zero attached hydrogens (tertiary/aromatic N) is 1. The van der Waals surface area contributed by atoms with Crippen LogP contribution in [0.25, 0.3) is 0 Å². The fourth-order valence-electron chi connectivity index (χ4n) is 2.68. The summed E-state index contributed by atoms with van der Waals surface area (Å²) in [5.41, 5.74) is 0. The van der Waals surface area contributed by atoms with Gasteiger partial charge in [-0.1, -0.05) is 26.7 Å². The minimum Gasteiger partial charge on any atom is -0.392 e. The fourth-order valence-corrected chi connectivity index (χ4v) is 2.68. The zero-order chi connectivity index (χ0) is 10.6. The van der Waals surface area contributed by atoms with Gasteiger partial charge in [0.05, 0.1) is 6.10 Å². The molecule has 0 aromatic rings. The summed E-state index contributed by atoms with van der Waals surface area (Å²) >= 11 is 0. The second kappa shape index (κ2) is 5.72. The van der Waals surface area contributed by atoms with E-state index in [2.05, 4.69) is 25.7 Å². The molecule has 2 heteroatoms. The van der Waals surface area contributed by atoms with Gasteiger partial charge in [-0.15, -0.1) is 0 Å². The molecule has 0 heterocycles. The smallest absolute Gasteiger partial charge is 0.0690 e. The van der Waals surface area contributed by atoms with E-state index in [0.717, 1.165) is 19.0 Å². The molecule has 0 aromatic carbocycles. The van der Waals surface area contributed by atoms with Gasteiger partial charge in [-0.25, -0.2) is 0 Å². The van der Waals surface area contributed by atoms with Crippen molar-refractivity contribution in [1.82, 2.24) is 4.90 Å². The van der Waals surface area contributed by atoms with Crippen molar-refractivity contribution in [2.75, 3.05) is 6.54 Å². The summed E-state index contributed by atoms with van der Waals surface area (Å²) in [4.78, 5) is 2.49. The molecule has 1 aliphatic rings. The average molecular weight is 199 g/mol. The van der Waals surface area contributed by atoms with Crippen molar-refractivity contribution in [1.29, 1.82) is 0 Å². The predicted molar refractivity (Wildman–Crippen MR) is 60.4 cm³/mol. The maximum Gasteiger partial charge on any atom is 0.0690 e. The van der Waals surface area contributed by atoms with Gasteiger partial charge in [0.15, 0.2) is 0 Å². The van der Waals surface area contributed by atoms with Gasteiger partial charge in [0.2, 0.25) is 0 Å². The first-order valence-electron chi connectivity index (χ1n) is 6.14.